The lowest BCUT2D eigenvalue weighted by atomic mass is 9.68. The molecule has 2 aromatic rings. The van der Waals surface area contributed by atoms with E-state index in [0.29, 0.717) is 0 Å². The fourth-order valence-electron chi connectivity index (χ4n) is 11.0. The van der Waals surface area contributed by atoms with Crippen LogP contribution in [0.3, 0.4) is 0 Å². The molecule has 49 heavy (non-hydrogen) atoms. The maximum Gasteiger partial charge on any atom is 0.146 e. The first-order chi connectivity index (χ1) is 24.0. The van der Waals surface area contributed by atoms with Gasteiger partial charge in [0.25, 0.3) is 0 Å². The van der Waals surface area contributed by atoms with Gasteiger partial charge in [-0.25, -0.2) is 0 Å². The van der Waals surface area contributed by atoms with Crippen molar-refractivity contribution >= 4 is 0 Å². The zero-order valence-corrected chi connectivity index (χ0v) is 32.2. The number of aryl methyl sites for hydroxylation is 2. The molecule has 0 radical (unpaired) electrons. The second kappa shape index (κ2) is 18.5. The highest BCUT2D eigenvalue weighted by Crippen LogP contribution is 2.44. The first-order valence-electron chi connectivity index (χ1n) is 21.7. The number of ether oxygens (including phenoxy) is 1. The van der Waals surface area contributed by atoms with E-state index in [-0.39, 0.29) is 0 Å². The van der Waals surface area contributed by atoms with Gasteiger partial charge in [-0.2, -0.15) is 0 Å². The summed E-state index contributed by atoms with van der Waals surface area (Å²) in [5, 5.41) is 0. The van der Waals surface area contributed by atoms with Crippen molar-refractivity contribution in [2.75, 3.05) is 0 Å². The Morgan fingerprint density at radius 2 is 0.796 bits per heavy atom. The zero-order chi connectivity index (χ0) is 34.0. The smallest absolute Gasteiger partial charge is 0.146 e. The van der Waals surface area contributed by atoms with Crippen molar-refractivity contribution in [2.45, 2.75) is 182 Å². The third-order valence-electron chi connectivity index (χ3n) is 14.3. The summed E-state index contributed by atoms with van der Waals surface area (Å²) >= 11 is 0. The Hall–Kier alpha value is -1.90. The van der Waals surface area contributed by atoms with Gasteiger partial charge >= 0.3 is 0 Å². The molecule has 4 aliphatic carbocycles. The van der Waals surface area contributed by atoms with Crippen LogP contribution >= 0.6 is 0 Å². The summed E-state index contributed by atoms with van der Waals surface area (Å²) < 4.78 is 6.61. The molecule has 2 aromatic heterocycles. The first kappa shape index (κ1) is 36.9. The molecule has 0 unspecified atom stereocenters. The summed E-state index contributed by atoms with van der Waals surface area (Å²) in [6.45, 7) is 9.34. The third-order valence-corrected chi connectivity index (χ3v) is 14.3. The van der Waals surface area contributed by atoms with Gasteiger partial charge in [0.15, 0.2) is 0 Å². The van der Waals surface area contributed by atoms with E-state index in [1.807, 2.05) is 12.4 Å². The quantitative estimate of drug-likeness (QED) is 0.201. The van der Waals surface area contributed by atoms with Crippen molar-refractivity contribution in [2.24, 2.45) is 47.3 Å². The van der Waals surface area contributed by atoms with Gasteiger partial charge in [-0.1, -0.05) is 79.1 Å². The largest absolute Gasteiger partial charge is 0.454 e. The Morgan fingerprint density at radius 1 is 0.469 bits per heavy atom. The Bertz CT molecular complexity index is 1160. The van der Waals surface area contributed by atoms with Crippen molar-refractivity contribution in [3.63, 3.8) is 0 Å². The number of nitrogens with zero attached hydrogens (tertiary/aromatic N) is 2. The van der Waals surface area contributed by atoms with E-state index in [2.05, 4.69) is 39.8 Å². The number of hydrogen-bond donors (Lipinski definition) is 0. The van der Waals surface area contributed by atoms with Crippen molar-refractivity contribution in [3.05, 3.63) is 47.0 Å². The second-order valence-electron chi connectivity index (χ2n) is 17.5. The minimum Gasteiger partial charge on any atom is -0.454 e. The molecule has 0 N–H and O–H groups in total. The summed E-state index contributed by atoms with van der Waals surface area (Å²) in [7, 11) is 0. The molecule has 0 saturated heterocycles. The molecular formula is C46H72N2O. The lowest BCUT2D eigenvalue weighted by Gasteiger charge is -2.38. The predicted octanol–water partition coefficient (Wildman–Crippen LogP) is 13.3. The van der Waals surface area contributed by atoms with Crippen LogP contribution in [-0.2, 0) is 25.7 Å². The summed E-state index contributed by atoms with van der Waals surface area (Å²) in [5.74, 6) is 9.36. The van der Waals surface area contributed by atoms with E-state index >= 15 is 0 Å². The number of aromatic nitrogens is 2. The van der Waals surface area contributed by atoms with Gasteiger partial charge in [0.2, 0.25) is 0 Å². The fraction of sp³-hybridized carbons (Fsp3) is 0.783. The highest BCUT2D eigenvalue weighted by Gasteiger charge is 2.32. The minimum atomic E-state index is 0.791. The highest BCUT2D eigenvalue weighted by atomic mass is 16.5. The minimum absolute atomic E-state index is 0.791. The highest BCUT2D eigenvalue weighted by molar-refractivity contribution is 5.36. The van der Waals surface area contributed by atoms with Crippen LogP contribution < -0.4 is 4.74 Å². The zero-order valence-electron chi connectivity index (χ0n) is 32.2. The fourth-order valence-corrected chi connectivity index (χ4v) is 11.0. The molecule has 0 amide bonds. The van der Waals surface area contributed by atoms with Crippen molar-refractivity contribution in [1.82, 2.24) is 9.97 Å². The summed E-state index contributed by atoms with van der Waals surface area (Å²) in [6.07, 6.45) is 36.7. The van der Waals surface area contributed by atoms with E-state index in [9.17, 15) is 0 Å². The Balaban J connectivity index is 1.05. The van der Waals surface area contributed by atoms with Crippen LogP contribution in [-0.4, -0.2) is 9.97 Å². The van der Waals surface area contributed by atoms with Crippen LogP contribution in [0.15, 0.2) is 24.5 Å². The second-order valence-corrected chi connectivity index (χ2v) is 17.5. The Kier molecular flexibility index (Phi) is 14.0. The number of hydrogen-bond acceptors (Lipinski definition) is 3. The molecule has 272 valence electrons. The van der Waals surface area contributed by atoms with E-state index in [0.717, 1.165) is 97.4 Å². The molecule has 6 rings (SSSR count). The van der Waals surface area contributed by atoms with E-state index in [1.165, 1.54) is 138 Å². The van der Waals surface area contributed by atoms with Crippen molar-refractivity contribution in [1.29, 1.82) is 0 Å². The monoisotopic (exact) mass is 669 g/mol. The lowest BCUT2D eigenvalue weighted by Crippen LogP contribution is -2.26. The van der Waals surface area contributed by atoms with Crippen molar-refractivity contribution in [3.8, 4) is 11.5 Å². The van der Waals surface area contributed by atoms with Gasteiger partial charge in [0, 0.05) is 11.4 Å². The predicted molar refractivity (Wildman–Crippen MR) is 206 cm³/mol. The first-order valence-corrected chi connectivity index (χ1v) is 21.7. The summed E-state index contributed by atoms with van der Waals surface area (Å²) in [4.78, 5) is 10.0. The Labute approximate surface area is 301 Å². The average Bonchev–Trinajstić information content (AvgIpc) is 3.14. The summed E-state index contributed by atoms with van der Waals surface area (Å²) in [6, 6.07) is 4.68. The summed E-state index contributed by atoms with van der Waals surface area (Å²) in [5.41, 5.74) is 5.45. The SMILES string of the molecule is CCCc1ncc(Oc2cnc(CCC)c(CC3CCC(C4CCC(CC)CC4)CC3)c2)cc1CC1CCC(C2CCC(CC)CC2)CC1. The third kappa shape index (κ3) is 10.1. The van der Waals surface area contributed by atoms with Crippen LogP contribution in [0.5, 0.6) is 11.5 Å². The molecule has 0 spiro atoms. The number of rotatable bonds is 14. The lowest BCUT2D eigenvalue weighted by molar-refractivity contribution is 0.145. The number of pyridine rings is 2. The van der Waals surface area contributed by atoms with Crippen LogP contribution in [0.2, 0.25) is 0 Å². The molecule has 3 heteroatoms. The van der Waals surface area contributed by atoms with E-state index in [1.54, 1.807) is 0 Å². The molecule has 4 aliphatic rings. The standard InChI is InChI=1S/C46H72N2O/c1-5-9-45-41(27-35-15-23-39(24-16-35)37-19-11-33(7-3)12-20-37)29-43(31-47-45)49-44-30-42(46(10-6-2)48-32-44)28-36-17-25-40(26-18-36)38-21-13-34(8-4)14-22-38/h29-40H,5-28H2,1-4H3. The van der Waals surface area contributed by atoms with Gasteiger partial charge < -0.3 is 4.74 Å². The van der Waals surface area contributed by atoms with Crippen molar-refractivity contribution < 1.29 is 4.74 Å². The van der Waals surface area contributed by atoms with Gasteiger partial charge in [-0.3, -0.25) is 9.97 Å². The van der Waals surface area contributed by atoms with Crippen LogP contribution in [0.1, 0.15) is 179 Å². The van der Waals surface area contributed by atoms with Gasteiger partial charge in [0.05, 0.1) is 12.4 Å². The molecule has 0 aliphatic heterocycles. The maximum atomic E-state index is 6.61. The van der Waals surface area contributed by atoms with Gasteiger partial charge in [-0.15, -0.1) is 0 Å². The van der Waals surface area contributed by atoms with Crippen LogP contribution in [0.4, 0.5) is 0 Å². The molecule has 0 bridgehead atoms. The topological polar surface area (TPSA) is 35.0 Å². The maximum absolute atomic E-state index is 6.61. The molecule has 0 aromatic carbocycles. The van der Waals surface area contributed by atoms with Crippen LogP contribution in [0, 0.1) is 47.3 Å². The van der Waals surface area contributed by atoms with Gasteiger partial charge in [-0.05, 0) is 173 Å². The normalized spacial score (nSPS) is 31.0. The van der Waals surface area contributed by atoms with E-state index < -0.39 is 0 Å². The molecule has 3 nitrogen and oxygen atoms in total. The molecule has 0 atom stereocenters. The average molecular weight is 669 g/mol. The molecule has 4 saturated carbocycles. The van der Waals surface area contributed by atoms with Gasteiger partial charge in [0.1, 0.15) is 11.5 Å². The molecular weight excluding hydrogens is 597 g/mol. The molecule has 2 heterocycles. The Morgan fingerprint density at radius 3 is 1.10 bits per heavy atom. The van der Waals surface area contributed by atoms with E-state index in [4.69, 9.17) is 14.7 Å². The van der Waals surface area contributed by atoms with Crippen LogP contribution in [0.25, 0.3) is 0 Å². The molecule has 4 fully saturated rings.